The van der Waals surface area contributed by atoms with E-state index >= 15 is 0 Å². The summed E-state index contributed by atoms with van der Waals surface area (Å²) in [4.78, 5) is 13.8. The summed E-state index contributed by atoms with van der Waals surface area (Å²) in [5, 5.41) is 5.31. The summed E-state index contributed by atoms with van der Waals surface area (Å²) in [6, 6.07) is 17.1. The highest BCUT2D eigenvalue weighted by molar-refractivity contribution is 5.59. The van der Waals surface area contributed by atoms with Crippen LogP contribution in [-0.2, 0) is 4.74 Å². The third kappa shape index (κ3) is 4.11. The average molecular weight is 414 g/mol. The van der Waals surface area contributed by atoms with E-state index in [1.54, 1.807) is 0 Å². The van der Waals surface area contributed by atoms with Gasteiger partial charge in [0.05, 0.1) is 24.6 Å². The Bertz CT molecular complexity index is 1190. The Morgan fingerprint density at radius 1 is 1.03 bits per heavy atom. The normalized spacial score (nSPS) is 18.1. The Hall–Kier alpha value is -3.38. The Balaban J connectivity index is 1.36. The smallest absolute Gasteiger partial charge is 0.227 e. The highest BCUT2D eigenvalue weighted by Gasteiger charge is 2.17. The van der Waals surface area contributed by atoms with Gasteiger partial charge in [0.25, 0.3) is 0 Å². The molecule has 3 aromatic rings. The molecular formula is C25H27N5O. The number of aryl methyl sites for hydroxylation is 1. The van der Waals surface area contributed by atoms with Gasteiger partial charge >= 0.3 is 0 Å². The number of anilines is 3. The van der Waals surface area contributed by atoms with Gasteiger partial charge in [-0.3, -0.25) is 0 Å². The third-order valence-corrected chi connectivity index (χ3v) is 5.96. The van der Waals surface area contributed by atoms with Crippen LogP contribution in [0.5, 0.6) is 0 Å². The summed E-state index contributed by atoms with van der Waals surface area (Å²) in [5.41, 5.74) is 4.77. The van der Waals surface area contributed by atoms with E-state index in [9.17, 15) is 0 Å². The van der Waals surface area contributed by atoms with Crippen LogP contribution in [0.25, 0.3) is 12.3 Å². The molecule has 5 rings (SSSR count). The first-order chi connectivity index (χ1) is 15.2. The minimum absolute atomic E-state index is 0.184. The highest BCUT2D eigenvalue weighted by atomic mass is 16.5. The zero-order valence-electron chi connectivity index (χ0n) is 18.0. The van der Waals surface area contributed by atoms with Gasteiger partial charge in [-0.25, -0.2) is 9.97 Å². The summed E-state index contributed by atoms with van der Waals surface area (Å²) < 4.78 is 5.43. The maximum absolute atomic E-state index is 5.43. The Kier molecular flexibility index (Phi) is 5.30. The van der Waals surface area contributed by atoms with Crippen LogP contribution in [0.2, 0.25) is 0 Å². The number of aromatic nitrogens is 2. The number of nitrogens with one attached hydrogen (secondary N) is 1. The number of rotatable bonds is 4. The predicted molar refractivity (Wildman–Crippen MR) is 125 cm³/mol. The van der Waals surface area contributed by atoms with Gasteiger partial charge in [-0.05, 0) is 48.4 Å². The van der Waals surface area contributed by atoms with E-state index in [2.05, 4.69) is 94.9 Å². The van der Waals surface area contributed by atoms with Crippen LogP contribution in [-0.4, -0.2) is 48.2 Å². The van der Waals surface area contributed by atoms with Crippen molar-refractivity contribution in [3.8, 4) is 0 Å². The Morgan fingerprint density at radius 2 is 1.81 bits per heavy atom. The predicted octanol–water partition coefficient (Wildman–Crippen LogP) is 2.57. The SMILES string of the molecule is Cc1ccccc1C1C=c2cnc(Nc3ccc(N4CCOCC4)cc3)nc2=CN1C. The second kappa shape index (κ2) is 8.40. The number of fused-ring (bicyclic) bond motifs is 1. The molecule has 6 nitrogen and oxygen atoms in total. The molecule has 1 atom stereocenters. The fourth-order valence-electron chi connectivity index (χ4n) is 4.19. The lowest BCUT2D eigenvalue weighted by molar-refractivity contribution is 0.122. The molecule has 3 heterocycles. The van der Waals surface area contributed by atoms with Crippen LogP contribution in [0.1, 0.15) is 17.2 Å². The summed E-state index contributed by atoms with van der Waals surface area (Å²) in [7, 11) is 2.09. The number of morpholine rings is 1. The molecule has 31 heavy (non-hydrogen) atoms. The third-order valence-electron chi connectivity index (χ3n) is 5.96. The van der Waals surface area contributed by atoms with Gasteiger partial charge < -0.3 is 19.9 Å². The van der Waals surface area contributed by atoms with Gasteiger partial charge in [0.1, 0.15) is 0 Å². The molecule has 0 amide bonds. The van der Waals surface area contributed by atoms with E-state index in [0.29, 0.717) is 5.95 Å². The lowest BCUT2D eigenvalue weighted by Gasteiger charge is -2.29. The molecule has 1 saturated heterocycles. The van der Waals surface area contributed by atoms with Crippen molar-refractivity contribution in [2.24, 2.45) is 0 Å². The van der Waals surface area contributed by atoms with Gasteiger partial charge in [-0.15, -0.1) is 0 Å². The summed E-state index contributed by atoms with van der Waals surface area (Å²) in [6.07, 6.45) is 6.24. The van der Waals surface area contributed by atoms with Gasteiger partial charge in [-0.2, -0.15) is 0 Å². The fourth-order valence-corrected chi connectivity index (χ4v) is 4.19. The second-order valence-electron chi connectivity index (χ2n) is 8.07. The standard InChI is InChI=1S/C25H27N5O/c1-18-5-3-4-6-22(18)24-15-19-16-26-25(28-23(19)17-29(24)2)27-20-7-9-21(10-8-20)30-11-13-31-14-12-30/h3-10,15-17,24H,11-14H2,1-2H3,(H,27,28). The van der Waals surface area contributed by atoms with E-state index in [0.717, 1.165) is 42.6 Å². The largest absolute Gasteiger partial charge is 0.378 e. The molecule has 1 unspecified atom stereocenters. The van der Waals surface area contributed by atoms with Gasteiger partial charge in [-0.1, -0.05) is 24.3 Å². The van der Waals surface area contributed by atoms with Crippen molar-refractivity contribution in [3.05, 3.63) is 76.4 Å². The van der Waals surface area contributed by atoms with Gasteiger partial charge in [0.2, 0.25) is 5.95 Å². The lowest BCUT2D eigenvalue weighted by Crippen LogP contribution is -2.38. The van der Waals surface area contributed by atoms with Gasteiger partial charge in [0.15, 0.2) is 0 Å². The summed E-state index contributed by atoms with van der Waals surface area (Å²) >= 11 is 0. The summed E-state index contributed by atoms with van der Waals surface area (Å²) in [5.74, 6) is 0.602. The van der Waals surface area contributed by atoms with Crippen LogP contribution in [0.3, 0.4) is 0 Å². The first-order valence-corrected chi connectivity index (χ1v) is 10.7. The number of hydrogen-bond donors (Lipinski definition) is 1. The monoisotopic (exact) mass is 413 g/mol. The molecule has 158 valence electrons. The number of hydrogen-bond acceptors (Lipinski definition) is 6. The highest BCUT2D eigenvalue weighted by Crippen LogP contribution is 2.25. The minimum atomic E-state index is 0.184. The molecule has 1 aromatic heterocycles. The molecular weight excluding hydrogens is 386 g/mol. The van der Waals surface area contributed by atoms with Crippen molar-refractivity contribution in [1.29, 1.82) is 0 Å². The molecule has 2 aliphatic rings. The maximum Gasteiger partial charge on any atom is 0.227 e. The molecule has 0 radical (unpaired) electrons. The first kappa shape index (κ1) is 19.6. The topological polar surface area (TPSA) is 53.5 Å². The zero-order chi connectivity index (χ0) is 21.2. The number of nitrogens with zero attached hydrogens (tertiary/aromatic N) is 4. The van der Waals surface area contributed by atoms with E-state index in [-0.39, 0.29) is 6.04 Å². The first-order valence-electron chi connectivity index (χ1n) is 10.7. The zero-order valence-corrected chi connectivity index (χ0v) is 18.0. The van der Waals surface area contributed by atoms with Crippen molar-refractivity contribution >= 4 is 29.6 Å². The minimum Gasteiger partial charge on any atom is -0.378 e. The molecule has 0 spiro atoms. The van der Waals surface area contributed by atoms with E-state index in [1.807, 2.05) is 6.20 Å². The van der Waals surface area contributed by atoms with Crippen molar-refractivity contribution < 1.29 is 4.74 Å². The van der Waals surface area contributed by atoms with Crippen molar-refractivity contribution in [2.45, 2.75) is 13.0 Å². The van der Waals surface area contributed by atoms with Gasteiger partial charge in [0, 0.05) is 49.1 Å². The lowest BCUT2D eigenvalue weighted by atomic mass is 9.98. The maximum atomic E-state index is 5.43. The molecule has 0 saturated carbocycles. The van der Waals surface area contributed by atoms with Crippen LogP contribution in [0.15, 0.2) is 54.7 Å². The molecule has 0 bridgehead atoms. The quantitative estimate of drug-likeness (QED) is 0.710. The Labute approximate surface area is 182 Å². The molecule has 1 fully saturated rings. The van der Waals surface area contributed by atoms with Crippen LogP contribution >= 0.6 is 0 Å². The van der Waals surface area contributed by atoms with E-state index in [1.165, 1.54) is 16.8 Å². The van der Waals surface area contributed by atoms with Crippen molar-refractivity contribution in [1.82, 2.24) is 14.9 Å². The molecule has 2 aliphatic heterocycles. The van der Waals surface area contributed by atoms with E-state index < -0.39 is 0 Å². The Morgan fingerprint density at radius 3 is 2.58 bits per heavy atom. The number of ether oxygens (including phenoxy) is 1. The molecule has 6 heteroatoms. The molecule has 2 aromatic carbocycles. The average Bonchev–Trinajstić information content (AvgIpc) is 2.80. The van der Waals surface area contributed by atoms with Crippen LogP contribution in [0.4, 0.5) is 17.3 Å². The summed E-state index contributed by atoms with van der Waals surface area (Å²) in [6.45, 7) is 5.60. The number of benzene rings is 2. The van der Waals surface area contributed by atoms with Crippen molar-refractivity contribution in [3.63, 3.8) is 0 Å². The fraction of sp³-hybridized carbons (Fsp3) is 0.280. The second-order valence-corrected chi connectivity index (χ2v) is 8.07. The van der Waals surface area contributed by atoms with Crippen LogP contribution in [0, 0.1) is 6.92 Å². The molecule has 1 N–H and O–H groups in total. The van der Waals surface area contributed by atoms with Crippen molar-refractivity contribution in [2.75, 3.05) is 43.6 Å². The van der Waals surface area contributed by atoms with E-state index in [4.69, 9.17) is 9.72 Å². The molecule has 0 aliphatic carbocycles. The van der Waals surface area contributed by atoms with Crippen LogP contribution < -0.4 is 20.8 Å².